The first-order valence-electron chi connectivity index (χ1n) is 9.01. The van der Waals surface area contributed by atoms with E-state index in [1.807, 2.05) is 6.92 Å². The number of carbonyl (C=O) groups excluding carboxylic acids is 1. The number of H-pyrrole nitrogens is 1. The first kappa shape index (κ1) is 17.3. The van der Waals surface area contributed by atoms with Gasteiger partial charge in [-0.05, 0) is 31.7 Å². The van der Waals surface area contributed by atoms with E-state index in [2.05, 4.69) is 35.6 Å². The van der Waals surface area contributed by atoms with Crippen molar-refractivity contribution in [1.29, 1.82) is 0 Å². The maximum absolute atomic E-state index is 13.4. The summed E-state index contributed by atoms with van der Waals surface area (Å²) in [6, 6.07) is 1.72. The summed E-state index contributed by atoms with van der Waals surface area (Å²) in [6.07, 6.45) is 7.24. The average Bonchev–Trinajstić information content (AvgIpc) is 3.06. The minimum Gasteiger partial charge on any atom is -0.358 e. The number of hydrogen-bond donors (Lipinski definition) is 3. The summed E-state index contributed by atoms with van der Waals surface area (Å²) in [5, 5.41) is 6.24. The summed E-state index contributed by atoms with van der Waals surface area (Å²) < 4.78 is 13.4. The fourth-order valence-corrected chi connectivity index (χ4v) is 3.21. The lowest BCUT2D eigenvalue weighted by Gasteiger charge is -2.41. The van der Waals surface area contributed by atoms with Gasteiger partial charge in [0.05, 0.1) is 17.3 Å². The second kappa shape index (κ2) is 6.90. The molecule has 8 nitrogen and oxygen atoms in total. The predicted molar refractivity (Wildman–Crippen MR) is 98.4 cm³/mol. The van der Waals surface area contributed by atoms with Crippen molar-refractivity contribution in [2.45, 2.75) is 38.1 Å². The number of rotatable bonds is 6. The van der Waals surface area contributed by atoms with Crippen molar-refractivity contribution in [1.82, 2.24) is 30.2 Å². The van der Waals surface area contributed by atoms with Gasteiger partial charge in [0, 0.05) is 18.9 Å². The molecule has 0 bridgehead atoms. The van der Waals surface area contributed by atoms with Crippen molar-refractivity contribution in [3.05, 3.63) is 30.7 Å². The summed E-state index contributed by atoms with van der Waals surface area (Å²) in [7, 11) is 0. The van der Waals surface area contributed by atoms with Crippen LogP contribution < -0.4 is 10.6 Å². The zero-order valence-corrected chi connectivity index (χ0v) is 14.9. The highest BCUT2D eigenvalue weighted by Gasteiger charge is 2.44. The van der Waals surface area contributed by atoms with Crippen LogP contribution in [0.25, 0.3) is 22.4 Å². The van der Waals surface area contributed by atoms with Crippen LogP contribution in [0.1, 0.15) is 32.6 Å². The standard InChI is InChI=1S/C18H20FN7O/c1-2-7-21-16(27)18(5-3-6-18)26-13-4-8-20-15(24-13)11-9-22-12-10-23-17(19)25-14(11)12/h4,8-10,22H,2-3,5-7H2,1H3,(H,21,27)(H,20,24,26). The Balaban J connectivity index is 1.62. The minimum absolute atomic E-state index is 0.00216. The highest BCUT2D eigenvalue weighted by Crippen LogP contribution is 2.35. The lowest BCUT2D eigenvalue weighted by molar-refractivity contribution is -0.128. The van der Waals surface area contributed by atoms with E-state index in [0.29, 0.717) is 34.8 Å². The third-order valence-electron chi connectivity index (χ3n) is 4.83. The number of amides is 1. The molecule has 3 aromatic rings. The van der Waals surface area contributed by atoms with Gasteiger partial charge in [0.2, 0.25) is 5.91 Å². The van der Waals surface area contributed by atoms with Crippen LogP contribution in [0, 0.1) is 6.08 Å². The van der Waals surface area contributed by atoms with Crippen LogP contribution in [0.15, 0.2) is 24.7 Å². The Morgan fingerprint density at radius 2 is 2.19 bits per heavy atom. The van der Waals surface area contributed by atoms with Crippen LogP contribution in [0.2, 0.25) is 0 Å². The predicted octanol–water partition coefficient (Wildman–Crippen LogP) is 2.41. The highest BCUT2D eigenvalue weighted by molar-refractivity contribution is 5.91. The third-order valence-corrected chi connectivity index (χ3v) is 4.83. The number of fused-ring (bicyclic) bond motifs is 1. The van der Waals surface area contributed by atoms with Gasteiger partial charge in [-0.1, -0.05) is 6.92 Å². The smallest absolute Gasteiger partial charge is 0.309 e. The zero-order valence-electron chi connectivity index (χ0n) is 14.9. The molecule has 1 saturated carbocycles. The summed E-state index contributed by atoms with van der Waals surface area (Å²) in [4.78, 5) is 31.7. The fraction of sp³-hybridized carbons (Fsp3) is 0.389. The molecule has 9 heteroatoms. The molecular weight excluding hydrogens is 349 g/mol. The van der Waals surface area contributed by atoms with E-state index in [-0.39, 0.29) is 5.91 Å². The van der Waals surface area contributed by atoms with Crippen molar-refractivity contribution in [2.24, 2.45) is 0 Å². The first-order chi connectivity index (χ1) is 13.1. The number of aromatic amines is 1. The molecule has 0 aromatic carbocycles. The van der Waals surface area contributed by atoms with Gasteiger partial charge in [0.1, 0.15) is 16.9 Å². The van der Waals surface area contributed by atoms with Crippen molar-refractivity contribution < 1.29 is 9.18 Å². The van der Waals surface area contributed by atoms with Crippen molar-refractivity contribution >= 4 is 22.8 Å². The topological polar surface area (TPSA) is 108 Å². The van der Waals surface area contributed by atoms with Crippen molar-refractivity contribution in [3.8, 4) is 11.4 Å². The van der Waals surface area contributed by atoms with Crippen LogP contribution in [-0.2, 0) is 4.79 Å². The number of nitrogens with one attached hydrogen (secondary N) is 3. The molecule has 0 spiro atoms. The quantitative estimate of drug-likeness (QED) is 0.576. The molecule has 1 aliphatic carbocycles. The lowest BCUT2D eigenvalue weighted by Crippen LogP contribution is -2.57. The van der Waals surface area contributed by atoms with Gasteiger partial charge in [-0.25, -0.2) is 15.0 Å². The molecule has 0 atom stereocenters. The first-order valence-corrected chi connectivity index (χ1v) is 9.01. The number of carbonyl (C=O) groups is 1. The van der Waals surface area contributed by atoms with E-state index in [9.17, 15) is 9.18 Å². The largest absolute Gasteiger partial charge is 0.358 e. The Morgan fingerprint density at radius 3 is 2.93 bits per heavy atom. The van der Waals surface area contributed by atoms with E-state index in [4.69, 9.17) is 0 Å². The molecule has 3 N–H and O–H groups in total. The van der Waals surface area contributed by atoms with E-state index in [1.54, 1.807) is 18.5 Å². The van der Waals surface area contributed by atoms with Gasteiger partial charge in [-0.15, -0.1) is 0 Å². The van der Waals surface area contributed by atoms with Crippen LogP contribution in [0.3, 0.4) is 0 Å². The molecule has 1 aliphatic rings. The Bertz CT molecular complexity index is 983. The molecule has 3 heterocycles. The van der Waals surface area contributed by atoms with Crippen LogP contribution in [-0.4, -0.2) is 42.9 Å². The van der Waals surface area contributed by atoms with Crippen LogP contribution in [0.5, 0.6) is 0 Å². The number of halogens is 1. The SMILES string of the molecule is CCCNC(=O)C1(Nc2ccnc(-c3c[nH]c4cnc(F)nc34)n2)CCC1. The number of hydrogen-bond acceptors (Lipinski definition) is 6. The second-order valence-electron chi connectivity index (χ2n) is 6.69. The summed E-state index contributed by atoms with van der Waals surface area (Å²) in [5.74, 6) is 0.945. The molecule has 3 aromatic heterocycles. The number of nitrogens with zero attached hydrogens (tertiary/aromatic N) is 4. The average molecular weight is 369 g/mol. The van der Waals surface area contributed by atoms with Gasteiger partial charge in [-0.3, -0.25) is 4.79 Å². The highest BCUT2D eigenvalue weighted by atomic mass is 19.1. The van der Waals surface area contributed by atoms with Crippen molar-refractivity contribution in [3.63, 3.8) is 0 Å². The molecule has 0 aliphatic heterocycles. The molecule has 0 unspecified atom stereocenters. The van der Waals surface area contributed by atoms with E-state index < -0.39 is 11.6 Å². The van der Waals surface area contributed by atoms with Gasteiger partial charge in [0.25, 0.3) is 0 Å². The normalized spacial score (nSPS) is 15.3. The van der Waals surface area contributed by atoms with Gasteiger partial charge >= 0.3 is 6.08 Å². The number of aromatic nitrogens is 5. The van der Waals surface area contributed by atoms with Crippen LogP contribution in [0.4, 0.5) is 10.2 Å². The Labute approximate surface area is 155 Å². The summed E-state index contributed by atoms with van der Waals surface area (Å²) in [6.45, 7) is 2.67. The monoisotopic (exact) mass is 369 g/mol. The zero-order chi connectivity index (χ0) is 18.9. The fourth-order valence-electron chi connectivity index (χ4n) is 3.21. The van der Waals surface area contributed by atoms with Gasteiger partial charge < -0.3 is 15.6 Å². The summed E-state index contributed by atoms with van der Waals surface area (Å²) in [5.41, 5.74) is 0.962. The molecule has 0 radical (unpaired) electrons. The van der Waals surface area contributed by atoms with E-state index in [1.165, 1.54) is 6.20 Å². The lowest BCUT2D eigenvalue weighted by atomic mass is 9.76. The van der Waals surface area contributed by atoms with Gasteiger partial charge in [0.15, 0.2) is 5.82 Å². The summed E-state index contributed by atoms with van der Waals surface area (Å²) >= 11 is 0. The molecule has 0 saturated heterocycles. The number of anilines is 1. The molecule has 1 amide bonds. The molecule has 27 heavy (non-hydrogen) atoms. The Morgan fingerprint density at radius 1 is 1.33 bits per heavy atom. The Hall–Kier alpha value is -3.10. The van der Waals surface area contributed by atoms with Crippen LogP contribution >= 0.6 is 0 Å². The third kappa shape index (κ3) is 3.20. The molecule has 140 valence electrons. The Kier molecular flexibility index (Phi) is 4.43. The molecule has 4 rings (SSSR count). The molecule has 1 fully saturated rings. The maximum Gasteiger partial charge on any atom is 0.309 e. The van der Waals surface area contributed by atoms with E-state index >= 15 is 0 Å². The molecular formula is C18H20FN7O. The van der Waals surface area contributed by atoms with Crippen molar-refractivity contribution in [2.75, 3.05) is 11.9 Å². The van der Waals surface area contributed by atoms with E-state index in [0.717, 1.165) is 25.7 Å². The maximum atomic E-state index is 13.4. The van der Waals surface area contributed by atoms with Gasteiger partial charge in [-0.2, -0.15) is 9.37 Å². The minimum atomic E-state index is -0.807. The second-order valence-corrected chi connectivity index (χ2v) is 6.69.